The van der Waals surface area contributed by atoms with E-state index in [0.29, 0.717) is 0 Å². The quantitative estimate of drug-likeness (QED) is 0.199. The summed E-state index contributed by atoms with van der Waals surface area (Å²) < 4.78 is 0. The maximum absolute atomic E-state index is 5.18. The molecule has 0 aliphatic heterocycles. The van der Waals surface area contributed by atoms with Gasteiger partial charge in [0.15, 0.2) is 0 Å². The number of hydrogen-bond donors (Lipinski definition) is 0. The maximum Gasteiger partial charge on any atom is 0.0746 e. The standard InChI is InChI=1S/C44H37N/c1-42(2)35-13-9-7-11-30(35)32-18-15-27(22-38(32)42)26-17-20-37-34(21-26)41-40(44(37,5)6)24-29(25-45-41)28-16-19-33-31-12-8-10-14-36(31)43(3,4)39(33)23-28/h7-25H,1-6H3. The fraction of sp³-hybridized carbons (Fsp3) is 0.205. The van der Waals surface area contributed by atoms with Crippen molar-refractivity contribution < 1.29 is 0 Å². The highest BCUT2D eigenvalue weighted by Crippen LogP contribution is 2.53. The highest BCUT2D eigenvalue weighted by atomic mass is 14.7. The van der Waals surface area contributed by atoms with Crippen molar-refractivity contribution in [3.05, 3.63) is 149 Å². The molecule has 6 aromatic rings. The van der Waals surface area contributed by atoms with Gasteiger partial charge < -0.3 is 0 Å². The Morgan fingerprint density at radius 2 is 0.778 bits per heavy atom. The molecular weight excluding hydrogens is 542 g/mol. The van der Waals surface area contributed by atoms with E-state index in [1.54, 1.807) is 0 Å². The van der Waals surface area contributed by atoms with Crippen LogP contribution >= 0.6 is 0 Å². The molecule has 0 radical (unpaired) electrons. The van der Waals surface area contributed by atoms with Gasteiger partial charge in [0, 0.05) is 33.6 Å². The van der Waals surface area contributed by atoms with E-state index in [9.17, 15) is 0 Å². The van der Waals surface area contributed by atoms with Crippen molar-refractivity contribution >= 4 is 0 Å². The van der Waals surface area contributed by atoms with Crippen molar-refractivity contribution in [3.63, 3.8) is 0 Å². The van der Waals surface area contributed by atoms with E-state index in [2.05, 4.69) is 157 Å². The van der Waals surface area contributed by atoms with Crippen LogP contribution in [0.4, 0.5) is 0 Å². The van der Waals surface area contributed by atoms with E-state index in [1.165, 1.54) is 83.5 Å². The maximum atomic E-state index is 5.18. The number of rotatable bonds is 2. The number of pyridine rings is 1. The van der Waals surface area contributed by atoms with Crippen molar-refractivity contribution in [3.8, 4) is 55.8 Å². The van der Waals surface area contributed by atoms with E-state index in [0.717, 1.165) is 5.69 Å². The first-order chi connectivity index (χ1) is 21.6. The lowest BCUT2D eigenvalue weighted by atomic mass is 9.80. The summed E-state index contributed by atoms with van der Waals surface area (Å²) in [5.74, 6) is 0. The third-order valence-electron chi connectivity index (χ3n) is 11.3. The molecule has 0 saturated heterocycles. The minimum absolute atomic E-state index is 0.0131. The Balaban J connectivity index is 1.12. The minimum atomic E-state index is -0.125. The van der Waals surface area contributed by atoms with Crippen LogP contribution < -0.4 is 0 Å². The summed E-state index contributed by atoms with van der Waals surface area (Å²) in [5, 5.41) is 0. The number of nitrogens with zero attached hydrogens (tertiary/aromatic N) is 1. The Labute approximate surface area is 266 Å². The van der Waals surface area contributed by atoms with Gasteiger partial charge in [0.2, 0.25) is 0 Å². The van der Waals surface area contributed by atoms with E-state index in [4.69, 9.17) is 4.98 Å². The van der Waals surface area contributed by atoms with E-state index in [1.807, 2.05) is 0 Å². The average Bonchev–Trinajstić information content (AvgIpc) is 3.53. The lowest BCUT2D eigenvalue weighted by molar-refractivity contribution is 0.658. The summed E-state index contributed by atoms with van der Waals surface area (Å²) >= 11 is 0. The van der Waals surface area contributed by atoms with Gasteiger partial charge in [0.25, 0.3) is 0 Å². The fourth-order valence-corrected chi connectivity index (χ4v) is 8.69. The molecule has 0 bridgehead atoms. The second-order valence-electron chi connectivity index (χ2n) is 14.9. The zero-order chi connectivity index (χ0) is 30.9. The summed E-state index contributed by atoms with van der Waals surface area (Å²) in [4.78, 5) is 5.18. The minimum Gasteiger partial charge on any atom is -0.255 e. The smallest absolute Gasteiger partial charge is 0.0746 e. The van der Waals surface area contributed by atoms with Gasteiger partial charge in [-0.05, 0) is 96.6 Å². The van der Waals surface area contributed by atoms with Crippen LogP contribution in [0.2, 0.25) is 0 Å². The number of aromatic nitrogens is 1. The number of benzene rings is 5. The number of fused-ring (bicyclic) bond motifs is 9. The normalized spacial score (nSPS) is 16.8. The monoisotopic (exact) mass is 579 g/mol. The van der Waals surface area contributed by atoms with Gasteiger partial charge in [0.1, 0.15) is 0 Å². The Morgan fingerprint density at radius 1 is 0.356 bits per heavy atom. The Kier molecular flexibility index (Phi) is 5.15. The molecule has 1 heteroatoms. The molecule has 0 saturated carbocycles. The Hall–Kier alpha value is -4.75. The molecule has 1 heterocycles. The molecule has 1 nitrogen and oxygen atoms in total. The molecular formula is C44H37N. The van der Waals surface area contributed by atoms with Crippen molar-refractivity contribution in [2.75, 3.05) is 0 Å². The largest absolute Gasteiger partial charge is 0.255 e. The lowest BCUT2D eigenvalue weighted by Gasteiger charge is -2.23. The van der Waals surface area contributed by atoms with Crippen molar-refractivity contribution in [1.82, 2.24) is 4.98 Å². The molecule has 0 unspecified atom stereocenters. The highest BCUT2D eigenvalue weighted by Gasteiger charge is 2.39. The van der Waals surface area contributed by atoms with Crippen LogP contribution in [0.5, 0.6) is 0 Å². The molecule has 9 rings (SSSR count). The second kappa shape index (κ2) is 8.70. The predicted octanol–water partition coefficient (Wildman–Crippen LogP) is 11.3. The van der Waals surface area contributed by atoms with Crippen LogP contribution in [0.15, 0.2) is 115 Å². The molecule has 0 spiro atoms. The molecule has 0 N–H and O–H groups in total. The Bertz CT molecular complexity index is 2240. The van der Waals surface area contributed by atoms with E-state index < -0.39 is 0 Å². The highest BCUT2D eigenvalue weighted by molar-refractivity contribution is 5.88. The molecule has 3 aliphatic carbocycles. The second-order valence-corrected chi connectivity index (χ2v) is 14.9. The van der Waals surface area contributed by atoms with Gasteiger partial charge in [-0.25, -0.2) is 0 Å². The molecule has 5 aromatic carbocycles. The first kappa shape index (κ1) is 26.6. The molecule has 218 valence electrons. The summed E-state index contributed by atoms with van der Waals surface area (Å²) in [5.41, 5.74) is 20.9. The summed E-state index contributed by atoms with van der Waals surface area (Å²) in [6.07, 6.45) is 2.09. The van der Waals surface area contributed by atoms with Crippen molar-refractivity contribution in [2.24, 2.45) is 0 Å². The zero-order valence-electron chi connectivity index (χ0n) is 26.9. The summed E-state index contributed by atoms with van der Waals surface area (Å²) in [7, 11) is 0. The third-order valence-corrected chi connectivity index (χ3v) is 11.3. The molecule has 0 atom stereocenters. The lowest BCUT2D eigenvalue weighted by Crippen LogP contribution is -2.15. The van der Waals surface area contributed by atoms with Crippen LogP contribution in [0.1, 0.15) is 74.9 Å². The summed E-state index contributed by atoms with van der Waals surface area (Å²) in [6, 6.07) is 41.2. The molecule has 0 fully saturated rings. The van der Waals surface area contributed by atoms with Crippen LogP contribution in [0, 0.1) is 0 Å². The number of hydrogen-bond acceptors (Lipinski definition) is 1. The van der Waals surface area contributed by atoms with Crippen molar-refractivity contribution in [2.45, 2.75) is 57.8 Å². The average molecular weight is 580 g/mol. The molecule has 3 aliphatic rings. The van der Waals surface area contributed by atoms with Gasteiger partial charge in [-0.15, -0.1) is 0 Å². The van der Waals surface area contributed by atoms with Gasteiger partial charge in [-0.2, -0.15) is 0 Å². The topological polar surface area (TPSA) is 12.9 Å². The van der Waals surface area contributed by atoms with Gasteiger partial charge in [-0.3, -0.25) is 4.98 Å². The first-order valence-electron chi connectivity index (χ1n) is 16.2. The van der Waals surface area contributed by atoms with Gasteiger partial charge >= 0.3 is 0 Å². The van der Waals surface area contributed by atoms with E-state index in [-0.39, 0.29) is 16.2 Å². The van der Waals surface area contributed by atoms with Crippen LogP contribution in [-0.2, 0) is 16.2 Å². The predicted molar refractivity (Wildman–Crippen MR) is 188 cm³/mol. The van der Waals surface area contributed by atoms with Gasteiger partial charge in [-0.1, -0.05) is 126 Å². The van der Waals surface area contributed by atoms with Crippen LogP contribution in [0.25, 0.3) is 55.8 Å². The fourth-order valence-electron chi connectivity index (χ4n) is 8.69. The third kappa shape index (κ3) is 3.47. The van der Waals surface area contributed by atoms with Crippen LogP contribution in [0.3, 0.4) is 0 Å². The van der Waals surface area contributed by atoms with Crippen molar-refractivity contribution in [1.29, 1.82) is 0 Å². The molecule has 0 amide bonds. The zero-order valence-corrected chi connectivity index (χ0v) is 26.9. The van der Waals surface area contributed by atoms with E-state index >= 15 is 0 Å². The van der Waals surface area contributed by atoms with Gasteiger partial charge in [0.05, 0.1) is 5.69 Å². The first-order valence-corrected chi connectivity index (χ1v) is 16.2. The molecule has 45 heavy (non-hydrogen) atoms. The van der Waals surface area contributed by atoms with Crippen LogP contribution in [-0.4, -0.2) is 4.98 Å². The Morgan fingerprint density at radius 3 is 1.38 bits per heavy atom. The SMILES string of the molecule is CC1(C)c2ccccc2-c2ccc(-c3ccc4c(c3)-c3ncc(-c5ccc6c(c5)C(C)(C)c5ccccc5-6)cc3C4(C)C)cc21. The molecule has 1 aromatic heterocycles. The summed E-state index contributed by atoms with van der Waals surface area (Å²) in [6.45, 7) is 14.1.